The summed E-state index contributed by atoms with van der Waals surface area (Å²) in [6.45, 7) is 7.39. The van der Waals surface area contributed by atoms with Crippen molar-refractivity contribution in [2.75, 3.05) is 11.5 Å². The molecule has 1 aliphatic rings. The van der Waals surface area contributed by atoms with Crippen LogP contribution in [0.15, 0.2) is 0 Å². The van der Waals surface area contributed by atoms with Crippen molar-refractivity contribution >= 4 is 15.7 Å². The van der Waals surface area contributed by atoms with E-state index in [9.17, 15) is 13.2 Å². The Morgan fingerprint density at radius 1 is 1.41 bits per heavy atom. The number of rotatable bonds is 2. The van der Waals surface area contributed by atoms with E-state index in [1.165, 1.54) is 0 Å². The molecule has 1 amide bonds. The van der Waals surface area contributed by atoms with E-state index in [4.69, 9.17) is 5.73 Å². The van der Waals surface area contributed by atoms with E-state index in [1.54, 1.807) is 6.92 Å². The van der Waals surface area contributed by atoms with E-state index in [0.717, 1.165) is 0 Å². The molecule has 1 saturated heterocycles. The molecule has 100 valence electrons. The van der Waals surface area contributed by atoms with Crippen molar-refractivity contribution in [3.8, 4) is 0 Å². The summed E-state index contributed by atoms with van der Waals surface area (Å²) < 4.78 is 22.8. The van der Waals surface area contributed by atoms with E-state index in [-0.39, 0.29) is 22.8 Å². The van der Waals surface area contributed by atoms with Gasteiger partial charge in [0.1, 0.15) is 0 Å². The fraction of sp³-hybridized carbons (Fsp3) is 0.909. The first-order valence-corrected chi connectivity index (χ1v) is 7.55. The van der Waals surface area contributed by atoms with Crippen LogP contribution >= 0.6 is 0 Å². The number of sulfone groups is 1. The summed E-state index contributed by atoms with van der Waals surface area (Å²) >= 11 is 0. The van der Waals surface area contributed by atoms with Gasteiger partial charge in [-0.25, -0.2) is 8.42 Å². The molecule has 1 aliphatic heterocycles. The lowest BCUT2D eigenvalue weighted by Gasteiger charge is -2.31. The van der Waals surface area contributed by atoms with Crippen LogP contribution in [-0.4, -0.2) is 37.4 Å². The zero-order valence-corrected chi connectivity index (χ0v) is 11.7. The largest absolute Gasteiger partial charge is 0.349 e. The zero-order chi connectivity index (χ0) is 13.5. The number of carbonyl (C=O) groups is 1. The number of hydrogen-bond donors (Lipinski definition) is 2. The van der Waals surface area contributed by atoms with Crippen LogP contribution in [-0.2, 0) is 14.6 Å². The van der Waals surface area contributed by atoms with Gasteiger partial charge < -0.3 is 11.1 Å². The van der Waals surface area contributed by atoms with Crippen molar-refractivity contribution in [2.24, 2.45) is 11.1 Å². The van der Waals surface area contributed by atoms with Crippen molar-refractivity contribution in [3.63, 3.8) is 0 Å². The molecule has 1 fully saturated rings. The first kappa shape index (κ1) is 14.4. The third kappa shape index (κ3) is 3.67. The highest BCUT2D eigenvalue weighted by atomic mass is 32.2. The summed E-state index contributed by atoms with van der Waals surface area (Å²) in [5.74, 6) is -0.144. The van der Waals surface area contributed by atoms with Gasteiger partial charge in [0.05, 0.1) is 23.1 Å². The van der Waals surface area contributed by atoms with Crippen molar-refractivity contribution < 1.29 is 13.2 Å². The molecular formula is C11H22N2O3S. The standard InChI is InChI=1S/C11H22N2O3S/c1-10(2,3)8(12)9(14)13-11(4)5-6-17(15,16)7-11/h8H,5-7,12H2,1-4H3,(H,13,14). The summed E-state index contributed by atoms with van der Waals surface area (Å²) in [6.07, 6.45) is 0.456. The average molecular weight is 262 g/mol. The predicted octanol–water partition coefficient (Wildman–Crippen LogP) is 0.0532. The maximum absolute atomic E-state index is 11.9. The Morgan fingerprint density at radius 2 is 1.94 bits per heavy atom. The Kier molecular flexibility index (Phi) is 3.60. The average Bonchev–Trinajstić information content (AvgIpc) is 2.37. The summed E-state index contributed by atoms with van der Waals surface area (Å²) in [5, 5.41) is 2.77. The molecular weight excluding hydrogens is 240 g/mol. The van der Waals surface area contributed by atoms with Gasteiger partial charge >= 0.3 is 0 Å². The van der Waals surface area contributed by atoms with Crippen LogP contribution in [0.2, 0.25) is 0 Å². The van der Waals surface area contributed by atoms with Crippen LogP contribution in [0.25, 0.3) is 0 Å². The zero-order valence-electron chi connectivity index (χ0n) is 10.9. The summed E-state index contributed by atoms with van der Waals surface area (Å²) in [7, 11) is -3.02. The molecule has 0 aromatic heterocycles. The van der Waals surface area contributed by atoms with Gasteiger partial charge in [0.25, 0.3) is 0 Å². The minimum Gasteiger partial charge on any atom is -0.349 e. The molecule has 1 heterocycles. The Balaban J connectivity index is 2.71. The highest BCUT2D eigenvalue weighted by molar-refractivity contribution is 7.91. The Bertz CT molecular complexity index is 411. The maximum Gasteiger partial charge on any atom is 0.237 e. The molecule has 2 unspecified atom stereocenters. The topological polar surface area (TPSA) is 89.3 Å². The lowest BCUT2D eigenvalue weighted by molar-refractivity contribution is -0.126. The predicted molar refractivity (Wildman–Crippen MR) is 67.2 cm³/mol. The normalized spacial score (nSPS) is 29.9. The van der Waals surface area contributed by atoms with Crippen LogP contribution < -0.4 is 11.1 Å². The van der Waals surface area contributed by atoms with Crippen molar-refractivity contribution in [1.82, 2.24) is 5.32 Å². The monoisotopic (exact) mass is 262 g/mol. The molecule has 0 aromatic rings. The van der Waals surface area contributed by atoms with E-state index in [2.05, 4.69) is 5.32 Å². The third-order valence-electron chi connectivity index (χ3n) is 3.14. The molecule has 0 spiro atoms. The summed E-state index contributed by atoms with van der Waals surface area (Å²) in [4.78, 5) is 11.9. The fourth-order valence-electron chi connectivity index (χ4n) is 1.88. The quantitative estimate of drug-likeness (QED) is 0.736. The molecule has 0 aliphatic carbocycles. The maximum atomic E-state index is 11.9. The fourth-order valence-corrected chi connectivity index (χ4v) is 3.97. The number of nitrogens with two attached hydrogens (primary N) is 1. The van der Waals surface area contributed by atoms with Gasteiger partial charge in [0.15, 0.2) is 9.84 Å². The van der Waals surface area contributed by atoms with Crippen LogP contribution in [0.1, 0.15) is 34.1 Å². The molecule has 0 bridgehead atoms. The SMILES string of the molecule is CC1(NC(=O)C(N)C(C)(C)C)CCS(=O)(=O)C1. The molecule has 5 nitrogen and oxygen atoms in total. The molecule has 2 atom stereocenters. The second-order valence-electron chi connectivity index (χ2n) is 6.24. The van der Waals surface area contributed by atoms with Gasteiger partial charge in [-0.1, -0.05) is 20.8 Å². The Morgan fingerprint density at radius 3 is 2.29 bits per heavy atom. The molecule has 17 heavy (non-hydrogen) atoms. The van der Waals surface area contributed by atoms with Crippen LogP contribution in [0.3, 0.4) is 0 Å². The van der Waals surface area contributed by atoms with Gasteiger partial charge in [-0.05, 0) is 18.8 Å². The summed E-state index contributed by atoms with van der Waals surface area (Å²) in [5.41, 5.74) is 4.83. The molecule has 3 N–H and O–H groups in total. The lowest BCUT2D eigenvalue weighted by atomic mass is 9.86. The highest BCUT2D eigenvalue weighted by Gasteiger charge is 2.41. The smallest absolute Gasteiger partial charge is 0.237 e. The van der Waals surface area contributed by atoms with Crippen molar-refractivity contribution in [1.29, 1.82) is 0 Å². The van der Waals surface area contributed by atoms with Crippen molar-refractivity contribution in [2.45, 2.75) is 45.7 Å². The number of nitrogens with one attached hydrogen (secondary N) is 1. The van der Waals surface area contributed by atoms with Gasteiger partial charge in [-0.2, -0.15) is 0 Å². The summed E-state index contributed by atoms with van der Waals surface area (Å²) in [6, 6.07) is -0.636. The van der Waals surface area contributed by atoms with E-state index in [1.807, 2.05) is 20.8 Å². The Hall–Kier alpha value is -0.620. The third-order valence-corrected chi connectivity index (χ3v) is 5.05. The minimum atomic E-state index is -3.02. The molecule has 1 rings (SSSR count). The van der Waals surface area contributed by atoms with Crippen LogP contribution in [0.5, 0.6) is 0 Å². The Labute approximate surface area is 103 Å². The minimum absolute atomic E-state index is 0.00258. The van der Waals surface area contributed by atoms with Gasteiger partial charge in [0, 0.05) is 0 Å². The highest BCUT2D eigenvalue weighted by Crippen LogP contribution is 2.24. The second kappa shape index (κ2) is 4.24. The van der Waals surface area contributed by atoms with E-state index in [0.29, 0.717) is 6.42 Å². The first-order chi connectivity index (χ1) is 7.45. The molecule has 0 aromatic carbocycles. The number of hydrogen-bond acceptors (Lipinski definition) is 4. The van der Waals surface area contributed by atoms with Gasteiger partial charge in [0.2, 0.25) is 5.91 Å². The van der Waals surface area contributed by atoms with Crippen molar-refractivity contribution in [3.05, 3.63) is 0 Å². The molecule has 6 heteroatoms. The van der Waals surface area contributed by atoms with Crippen LogP contribution in [0.4, 0.5) is 0 Å². The second-order valence-corrected chi connectivity index (χ2v) is 8.42. The van der Waals surface area contributed by atoms with Crippen LogP contribution in [0, 0.1) is 5.41 Å². The molecule has 0 radical (unpaired) electrons. The number of carbonyl (C=O) groups excluding carboxylic acids is 1. The molecule has 0 saturated carbocycles. The van der Waals surface area contributed by atoms with E-state index >= 15 is 0 Å². The lowest BCUT2D eigenvalue weighted by Crippen LogP contribution is -2.56. The van der Waals surface area contributed by atoms with E-state index < -0.39 is 21.4 Å². The number of amides is 1. The van der Waals surface area contributed by atoms with Gasteiger partial charge in [-0.3, -0.25) is 4.79 Å². The first-order valence-electron chi connectivity index (χ1n) is 5.73. The van der Waals surface area contributed by atoms with Gasteiger partial charge in [-0.15, -0.1) is 0 Å².